The van der Waals surface area contributed by atoms with E-state index in [2.05, 4.69) is 53.9 Å². The van der Waals surface area contributed by atoms with E-state index in [1.807, 2.05) is 12.1 Å². The molecule has 4 nitrogen and oxygen atoms in total. The van der Waals surface area contributed by atoms with E-state index in [-0.39, 0.29) is 6.04 Å². The quantitative estimate of drug-likeness (QED) is 0.600. The third kappa shape index (κ3) is 2.87. The van der Waals surface area contributed by atoms with Crippen LogP contribution in [0.4, 0.5) is 5.69 Å². The van der Waals surface area contributed by atoms with Gasteiger partial charge in [-0.05, 0) is 28.0 Å². The molecule has 1 saturated heterocycles. The molecule has 3 aromatic rings. The van der Waals surface area contributed by atoms with E-state index in [1.165, 1.54) is 21.9 Å². The molecule has 0 aromatic heterocycles. The first-order valence-electron chi connectivity index (χ1n) is 8.89. The Kier molecular flexibility index (Phi) is 4.40. The molecule has 1 heterocycles. The predicted molar refractivity (Wildman–Crippen MR) is 109 cm³/mol. The molecule has 27 heavy (non-hydrogen) atoms. The molecular formula is C23H23NO3. The summed E-state index contributed by atoms with van der Waals surface area (Å²) < 4.78 is 16.5. The second-order valence-electron chi connectivity index (χ2n) is 6.68. The van der Waals surface area contributed by atoms with Gasteiger partial charge in [0.15, 0.2) is 11.5 Å². The largest absolute Gasteiger partial charge is 0.493 e. The third-order valence-corrected chi connectivity index (χ3v) is 5.14. The highest BCUT2D eigenvalue weighted by atomic mass is 16.5. The van der Waals surface area contributed by atoms with E-state index < -0.39 is 0 Å². The smallest absolute Gasteiger partial charge is 0.203 e. The van der Waals surface area contributed by atoms with Crippen molar-refractivity contribution in [3.8, 4) is 17.2 Å². The molecular weight excluding hydrogens is 338 g/mol. The maximum absolute atomic E-state index is 5.51. The summed E-state index contributed by atoms with van der Waals surface area (Å²) in [4.78, 5) is 2.30. The van der Waals surface area contributed by atoms with Gasteiger partial charge in [0.1, 0.15) is 0 Å². The summed E-state index contributed by atoms with van der Waals surface area (Å²) in [7, 11) is 4.89. The Hall–Kier alpha value is -3.14. The van der Waals surface area contributed by atoms with Crippen LogP contribution in [-0.4, -0.2) is 27.9 Å². The average molecular weight is 361 g/mol. The monoisotopic (exact) mass is 361 g/mol. The topological polar surface area (TPSA) is 30.9 Å². The highest BCUT2D eigenvalue weighted by molar-refractivity contribution is 5.83. The van der Waals surface area contributed by atoms with E-state index in [0.29, 0.717) is 17.2 Å². The second kappa shape index (κ2) is 6.88. The zero-order valence-corrected chi connectivity index (χ0v) is 15.9. The number of benzene rings is 3. The summed E-state index contributed by atoms with van der Waals surface area (Å²) in [5, 5.41) is 2.48. The molecule has 0 radical (unpaired) electrons. The zero-order chi connectivity index (χ0) is 19.0. The fraction of sp³-hybridized carbons (Fsp3) is 0.217. The molecule has 0 saturated carbocycles. The van der Waals surface area contributed by atoms with Crippen molar-refractivity contribution in [2.45, 2.75) is 6.04 Å². The van der Waals surface area contributed by atoms with Crippen LogP contribution >= 0.6 is 0 Å². The average Bonchev–Trinajstić information content (AvgIpc) is 2.70. The van der Waals surface area contributed by atoms with Gasteiger partial charge in [-0.25, -0.2) is 0 Å². The summed E-state index contributed by atoms with van der Waals surface area (Å²) in [6.45, 7) is 5.07. The Balaban J connectivity index is 1.74. The van der Waals surface area contributed by atoms with E-state index >= 15 is 0 Å². The van der Waals surface area contributed by atoms with Gasteiger partial charge in [-0.2, -0.15) is 0 Å². The Morgan fingerprint density at radius 3 is 2.11 bits per heavy atom. The van der Waals surface area contributed by atoms with Crippen LogP contribution in [0.2, 0.25) is 0 Å². The normalized spacial score (nSPS) is 16.2. The van der Waals surface area contributed by atoms with Crippen LogP contribution in [0.3, 0.4) is 0 Å². The molecule has 1 fully saturated rings. The SMILES string of the molecule is C=C1CN(c2cc(OC)c(OC)c(OC)c2)C1c1ccc2ccccc2c1. The molecule has 0 amide bonds. The maximum atomic E-state index is 5.51. The number of nitrogens with zero attached hydrogens (tertiary/aromatic N) is 1. The summed E-state index contributed by atoms with van der Waals surface area (Å²) in [6.07, 6.45) is 0. The molecule has 4 rings (SSSR count). The fourth-order valence-electron chi connectivity index (χ4n) is 3.77. The molecule has 138 valence electrons. The lowest BCUT2D eigenvalue weighted by molar-refractivity contribution is 0.324. The standard InChI is InChI=1S/C23H23NO3/c1-15-14-24(19-12-20(25-2)23(27-4)21(13-19)26-3)22(15)18-10-9-16-7-5-6-8-17(16)11-18/h5-13,22H,1,14H2,2-4H3. The van der Waals surface area contributed by atoms with E-state index in [9.17, 15) is 0 Å². The van der Waals surface area contributed by atoms with Gasteiger partial charge >= 0.3 is 0 Å². The zero-order valence-electron chi connectivity index (χ0n) is 15.9. The predicted octanol–water partition coefficient (Wildman–Crippen LogP) is 4.98. The van der Waals surface area contributed by atoms with Gasteiger partial charge in [0.2, 0.25) is 5.75 Å². The molecule has 0 N–H and O–H groups in total. The number of methoxy groups -OCH3 is 3. The van der Waals surface area contributed by atoms with Crippen molar-refractivity contribution in [2.24, 2.45) is 0 Å². The van der Waals surface area contributed by atoms with Crippen molar-refractivity contribution >= 4 is 16.5 Å². The lowest BCUT2D eigenvalue weighted by Gasteiger charge is -2.45. The lowest BCUT2D eigenvalue weighted by Crippen LogP contribution is -2.43. The Bertz CT molecular complexity index is 986. The summed E-state index contributed by atoms with van der Waals surface area (Å²) >= 11 is 0. The summed E-state index contributed by atoms with van der Waals surface area (Å²) in [5.41, 5.74) is 3.45. The minimum atomic E-state index is 0.136. The van der Waals surface area contributed by atoms with Gasteiger partial charge in [-0.15, -0.1) is 0 Å². The van der Waals surface area contributed by atoms with Gasteiger partial charge in [0.25, 0.3) is 0 Å². The molecule has 0 aliphatic carbocycles. The highest BCUT2D eigenvalue weighted by Gasteiger charge is 2.34. The molecule has 1 atom stereocenters. The molecule has 1 aliphatic heterocycles. The fourth-order valence-corrected chi connectivity index (χ4v) is 3.77. The van der Waals surface area contributed by atoms with Gasteiger partial charge in [0, 0.05) is 24.4 Å². The van der Waals surface area contributed by atoms with Crippen molar-refractivity contribution in [1.82, 2.24) is 0 Å². The molecule has 1 unspecified atom stereocenters. The number of rotatable bonds is 5. The Morgan fingerprint density at radius 2 is 1.52 bits per heavy atom. The van der Waals surface area contributed by atoms with Crippen molar-refractivity contribution in [3.63, 3.8) is 0 Å². The molecule has 1 aliphatic rings. The van der Waals surface area contributed by atoms with Gasteiger partial charge in [-0.3, -0.25) is 0 Å². The number of fused-ring (bicyclic) bond motifs is 1. The van der Waals surface area contributed by atoms with Crippen LogP contribution in [0.15, 0.2) is 66.7 Å². The number of hydrogen-bond donors (Lipinski definition) is 0. The van der Waals surface area contributed by atoms with Gasteiger partial charge < -0.3 is 19.1 Å². The molecule has 0 bridgehead atoms. The number of ether oxygens (including phenoxy) is 3. The van der Waals surface area contributed by atoms with E-state index in [1.54, 1.807) is 21.3 Å². The molecule has 0 spiro atoms. The molecule has 4 heteroatoms. The van der Waals surface area contributed by atoms with Crippen LogP contribution in [0.1, 0.15) is 11.6 Å². The van der Waals surface area contributed by atoms with Crippen molar-refractivity contribution in [3.05, 3.63) is 72.3 Å². The maximum Gasteiger partial charge on any atom is 0.203 e. The lowest BCUT2D eigenvalue weighted by atomic mass is 9.88. The first-order chi connectivity index (χ1) is 13.2. The third-order valence-electron chi connectivity index (χ3n) is 5.14. The minimum Gasteiger partial charge on any atom is -0.493 e. The minimum absolute atomic E-state index is 0.136. The Labute approximate surface area is 159 Å². The van der Waals surface area contributed by atoms with Crippen molar-refractivity contribution < 1.29 is 14.2 Å². The van der Waals surface area contributed by atoms with Crippen molar-refractivity contribution in [1.29, 1.82) is 0 Å². The second-order valence-corrected chi connectivity index (χ2v) is 6.68. The van der Waals surface area contributed by atoms with Crippen molar-refractivity contribution in [2.75, 3.05) is 32.8 Å². The van der Waals surface area contributed by atoms with E-state index in [0.717, 1.165) is 12.2 Å². The van der Waals surface area contributed by atoms with Crippen LogP contribution in [0, 0.1) is 0 Å². The van der Waals surface area contributed by atoms with Crippen LogP contribution in [0.25, 0.3) is 10.8 Å². The Morgan fingerprint density at radius 1 is 0.852 bits per heavy atom. The first kappa shape index (κ1) is 17.3. The summed E-state index contributed by atoms with van der Waals surface area (Å²) in [5.74, 6) is 1.91. The van der Waals surface area contributed by atoms with Crippen LogP contribution in [-0.2, 0) is 0 Å². The van der Waals surface area contributed by atoms with Crippen LogP contribution in [0.5, 0.6) is 17.2 Å². The van der Waals surface area contributed by atoms with Gasteiger partial charge in [0.05, 0.1) is 27.4 Å². The highest BCUT2D eigenvalue weighted by Crippen LogP contribution is 2.47. The summed E-state index contributed by atoms with van der Waals surface area (Å²) in [6, 6.07) is 19.1. The number of anilines is 1. The first-order valence-corrected chi connectivity index (χ1v) is 8.89. The van der Waals surface area contributed by atoms with Crippen LogP contribution < -0.4 is 19.1 Å². The molecule has 3 aromatic carbocycles. The van der Waals surface area contributed by atoms with E-state index in [4.69, 9.17) is 14.2 Å². The van der Waals surface area contributed by atoms with Gasteiger partial charge in [-0.1, -0.05) is 43.0 Å². The number of hydrogen-bond acceptors (Lipinski definition) is 4.